The van der Waals surface area contributed by atoms with Gasteiger partial charge in [0.1, 0.15) is 5.82 Å². The van der Waals surface area contributed by atoms with Crippen molar-refractivity contribution in [2.75, 3.05) is 0 Å². The molecular formula is C9H7F4. The molecule has 0 aliphatic rings. The zero-order valence-electron chi connectivity index (χ0n) is 6.66. The molecule has 0 heterocycles. The van der Waals surface area contributed by atoms with Crippen LogP contribution in [0.15, 0.2) is 18.2 Å². The SMILES string of the molecule is [CH2]Cc1ccc(C(F)(F)F)c(F)c1. The molecule has 1 aromatic rings. The Bertz CT molecular complexity index is 301. The molecule has 0 bridgehead atoms. The molecule has 0 fully saturated rings. The Balaban J connectivity index is 3.13. The van der Waals surface area contributed by atoms with Gasteiger partial charge in [0.15, 0.2) is 0 Å². The van der Waals surface area contributed by atoms with Gasteiger partial charge in [-0.15, -0.1) is 0 Å². The van der Waals surface area contributed by atoms with E-state index in [0.29, 0.717) is 5.56 Å². The van der Waals surface area contributed by atoms with Gasteiger partial charge in [-0.2, -0.15) is 13.2 Å². The summed E-state index contributed by atoms with van der Waals surface area (Å²) < 4.78 is 48.9. The fraction of sp³-hybridized carbons (Fsp3) is 0.222. The highest BCUT2D eigenvalue weighted by molar-refractivity contribution is 5.26. The zero-order valence-corrected chi connectivity index (χ0v) is 6.66. The predicted molar refractivity (Wildman–Crippen MR) is 40.5 cm³/mol. The van der Waals surface area contributed by atoms with Crippen LogP contribution in [0.1, 0.15) is 11.1 Å². The van der Waals surface area contributed by atoms with Gasteiger partial charge in [-0.1, -0.05) is 6.07 Å². The lowest BCUT2D eigenvalue weighted by atomic mass is 10.1. The highest BCUT2D eigenvalue weighted by atomic mass is 19.4. The van der Waals surface area contributed by atoms with Crippen LogP contribution >= 0.6 is 0 Å². The van der Waals surface area contributed by atoms with E-state index in [0.717, 1.165) is 12.1 Å². The Kier molecular flexibility index (Phi) is 2.59. The fourth-order valence-electron chi connectivity index (χ4n) is 0.944. The van der Waals surface area contributed by atoms with E-state index in [9.17, 15) is 17.6 Å². The number of benzene rings is 1. The molecule has 1 aromatic carbocycles. The lowest BCUT2D eigenvalue weighted by Gasteiger charge is -2.08. The third-order valence-electron chi connectivity index (χ3n) is 1.63. The van der Waals surface area contributed by atoms with E-state index in [4.69, 9.17) is 0 Å². The van der Waals surface area contributed by atoms with Crippen LogP contribution in [0.25, 0.3) is 0 Å². The summed E-state index contributed by atoms with van der Waals surface area (Å²) in [5, 5.41) is 0. The second-order valence-electron chi connectivity index (χ2n) is 2.56. The maximum atomic E-state index is 12.8. The van der Waals surface area contributed by atoms with Gasteiger partial charge in [0, 0.05) is 0 Å². The van der Waals surface area contributed by atoms with Crippen LogP contribution in [0.2, 0.25) is 0 Å². The van der Waals surface area contributed by atoms with Gasteiger partial charge < -0.3 is 0 Å². The average molecular weight is 191 g/mol. The van der Waals surface area contributed by atoms with Crippen LogP contribution < -0.4 is 0 Å². The van der Waals surface area contributed by atoms with Gasteiger partial charge in [-0.25, -0.2) is 4.39 Å². The summed E-state index contributed by atoms with van der Waals surface area (Å²) in [6.45, 7) is 3.44. The Hall–Kier alpha value is -1.06. The number of alkyl halides is 3. The van der Waals surface area contributed by atoms with Crippen LogP contribution in [-0.4, -0.2) is 0 Å². The van der Waals surface area contributed by atoms with Crippen molar-refractivity contribution in [3.8, 4) is 0 Å². The van der Waals surface area contributed by atoms with E-state index in [1.54, 1.807) is 0 Å². The second kappa shape index (κ2) is 3.36. The van der Waals surface area contributed by atoms with Crippen LogP contribution in [-0.2, 0) is 12.6 Å². The summed E-state index contributed by atoms with van der Waals surface area (Å²) in [4.78, 5) is 0. The van der Waals surface area contributed by atoms with Gasteiger partial charge in [-0.3, -0.25) is 0 Å². The first-order valence-corrected chi connectivity index (χ1v) is 3.60. The van der Waals surface area contributed by atoms with Crippen molar-refractivity contribution in [2.24, 2.45) is 0 Å². The summed E-state index contributed by atoms with van der Waals surface area (Å²) in [5.74, 6) is -1.24. The molecule has 0 atom stereocenters. The minimum atomic E-state index is -4.62. The number of rotatable bonds is 1. The quantitative estimate of drug-likeness (QED) is 0.598. The van der Waals surface area contributed by atoms with Gasteiger partial charge >= 0.3 is 6.18 Å². The molecule has 0 unspecified atom stereocenters. The molecular weight excluding hydrogens is 184 g/mol. The Morgan fingerprint density at radius 3 is 2.23 bits per heavy atom. The van der Waals surface area contributed by atoms with E-state index in [2.05, 4.69) is 6.92 Å². The molecule has 1 radical (unpaired) electrons. The van der Waals surface area contributed by atoms with Crippen molar-refractivity contribution >= 4 is 0 Å². The molecule has 0 saturated carbocycles. The number of hydrogen-bond acceptors (Lipinski definition) is 0. The van der Waals surface area contributed by atoms with E-state index < -0.39 is 17.6 Å². The summed E-state index contributed by atoms with van der Waals surface area (Å²) in [7, 11) is 0. The van der Waals surface area contributed by atoms with Crippen molar-refractivity contribution in [1.29, 1.82) is 0 Å². The minimum Gasteiger partial charge on any atom is -0.206 e. The topological polar surface area (TPSA) is 0 Å². The summed E-state index contributed by atoms with van der Waals surface area (Å²) in [6.07, 6.45) is -4.35. The summed E-state index contributed by atoms with van der Waals surface area (Å²) >= 11 is 0. The van der Waals surface area contributed by atoms with Crippen molar-refractivity contribution < 1.29 is 17.6 Å². The fourth-order valence-corrected chi connectivity index (χ4v) is 0.944. The first kappa shape index (κ1) is 10.0. The number of hydrogen-bond donors (Lipinski definition) is 0. The molecule has 0 N–H and O–H groups in total. The zero-order chi connectivity index (χ0) is 10.1. The maximum Gasteiger partial charge on any atom is 0.419 e. The van der Waals surface area contributed by atoms with E-state index in [-0.39, 0.29) is 6.42 Å². The molecule has 0 aliphatic heterocycles. The molecule has 71 valence electrons. The lowest BCUT2D eigenvalue weighted by molar-refractivity contribution is -0.140. The molecule has 0 spiro atoms. The highest BCUT2D eigenvalue weighted by Gasteiger charge is 2.33. The molecule has 0 nitrogen and oxygen atoms in total. The lowest BCUT2D eigenvalue weighted by Crippen LogP contribution is -2.08. The third kappa shape index (κ3) is 2.20. The first-order chi connectivity index (χ1) is 5.95. The highest BCUT2D eigenvalue weighted by Crippen LogP contribution is 2.31. The van der Waals surface area contributed by atoms with Crippen molar-refractivity contribution in [3.05, 3.63) is 42.1 Å². The molecule has 1 rings (SSSR count). The second-order valence-corrected chi connectivity index (χ2v) is 2.56. The minimum absolute atomic E-state index is 0.273. The molecule has 0 aliphatic carbocycles. The monoisotopic (exact) mass is 191 g/mol. The van der Waals surface area contributed by atoms with Crippen LogP contribution in [0, 0.1) is 12.7 Å². The largest absolute Gasteiger partial charge is 0.419 e. The maximum absolute atomic E-state index is 12.8. The summed E-state index contributed by atoms with van der Waals surface area (Å²) in [6, 6.07) is 2.81. The molecule has 0 amide bonds. The summed E-state index contributed by atoms with van der Waals surface area (Å²) in [5.41, 5.74) is -0.782. The van der Waals surface area contributed by atoms with Crippen LogP contribution in [0.4, 0.5) is 17.6 Å². The first-order valence-electron chi connectivity index (χ1n) is 3.60. The molecule has 4 heteroatoms. The predicted octanol–water partition coefficient (Wildman–Crippen LogP) is 3.22. The van der Waals surface area contributed by atoms with Crippen LogP contribution in [0.5, 0.6) is 0 Å². The molecule has 0 saturated heterocycles. The Morgan fingerprint density at radius 2 is 1.85 bits per heavy atom. The Morgan fingerprint density at radius 1 is 1.23 bits per heavy atom. The van der Waals surface area contributed by atoms with E-state index in [1.165, 1.54) is 6.07 Å². The third-order valence-corrected chi connectivity index (χ3v) is 1.63. The average Bonchev–Trinajstić information content (AvgIpc) is 2.01. The Labute approximate surface area is 73.2 Å². The molecule has 13 heavy (non-hydrogen) atoms. The standard InChI is InChI=1S/C9H7F4/c1-2-6-3-4-7(8(10)5-6)9(11,12)13/h3-5H,1-2H2. The number of halogens is 4. The van der Waals surface area contributed by atoms with Crippen LogP contribution in [0.3, 0.4) is 0 Å². The van der Waals surface area contributed by atoms with Crippen molar-refractivity contribution in [1.82, 2.24) is 0 Å². The van der Waals surface area contributed by atoms with Gasteiger partial charge in [0.05, 0.1) is 5.56 Å². The van der Waals surface area contributed by atoms with E-state index in [1.807, 2.05) is 0 Å². The van der Waals surface area contributed by atoms with E-state index >= 15 is 0 Å². The normalized spacial score (nSPS) is 11.8. The van der Waals surface area contributed by atoms with Crippen molar-refractivity contribution in [2.45, 2.75) is 12.6 Å². The van der Waals surface area contributed by atoms with Gasteiger partial charge in [0.25, 0.3) is 0 Å². The van der Waals surface area contributed by atoms with Gasteiger partial charge in [0.2, 0.25) is 0 Å². The van der Waals surface area contributed by atoms with Gasteiger partial charge in [-0.05, 0) is 31.0 Å². The molecule has 0 aromatic heterocycles. The smallest absolute Gasteiger partial charge is 0.206 e. The van der Waals surface area contributed by atoms with Crippen molar-refractivity contribution in [3.63, 3.8) is 0 Å².